The molecule has 0 atom stereocenters. The van der Waals surface area contributed by atoms with Crippen LogP contribution in [0.5, 0.6) is 11.5 Å². The average Bonchev–Trinajstić information content (AvgIpc) is 2.67. The first kappa shape index (κ1) is 20.3. The molecule has 0 saturated carbocycles. The number of carbonyl (C=O) groups excluding carboxylic acids is 2. The zero-order chi connectivity index (χ0) is 19.6. The minimum atomic E-state index is -0.593. The molecule has 6 heteroatoms. The zero-order valence-corrected chi connectivity index (χ0v) is 15.9. The predicted octanol–water partition coefficient (Wildman–Crippen LogP) is 3.27. The molecular weight excluding hydrogens is 346 g/mol. The Morgan fingerprint density at radius 1 is 0.926 bits per heavy atom. The van der Waals surface area contributed by atoms with Crippen LogP contribution in [0.3, 0.4) is 0 Å². The second-order valence-corrected chi connectivity index (χ2v) is 5.87. The minimum Gasteiger partial charge on any atom is -0.490 e. The van der Waals surface area contributed by atoms with Gasteiger partial charge in [-0.3, -0.25) is 4.79 Å². The van der Waals surface area contributed by atoms with E-state index < -0.39 is 5.97 Å². The van der Waals surface area contributed by atoms with Gasteiger partial charge in [-0.15, -0.1) is 0 Å². The summed E-state index contributed by atoms with van der Waals surface area (Å²) in [6.07, 6.45) is 0. The molecule has 6 nitrogen and oxygen atoms in total. The van der Waals surface area contributed by atoms with E-state index in [4.69, 9.17) is 14.2 Å². The highest BCUT2D eigenvalue weighted by atomic mass is 16.5. The van der Waals surface area contributed by atoms with E-state index >= 15 is 0 Å². The number of esters is 1. The molecule has 0 bridgehead atoms. The Labute approximate surface area is 159 Å². The summed E-state index contributed by atoms with van der Waals surface area (Å²) in [5.74, 6) is 0.0775. The fourth-order valence-electron chi connectivity index (χ4n) is 2.35. The van der Waals surface area contributed by atoms with Crippen molar-refractivity contribution < 1.29 is 23.8 Å². The molecular formula is C21H25NO5. The van der Waals surface area contributed by atoms with Crippen molar-refractivity contribution in [2.24, 2.45) is 0 Å². The highest BCUT2D eigenvalue weighted by molar-refractivity contribution is 5.92. The van der Waals surface area contributed by atoms with Gasteiger partial charge in [-0.05, 0) is 44.5 Å². The molecule has 0 saturated heterocycles. The summed E-state index contributed by atoms with van der Waals surface area (Å²) in [5, 5.41) is 2.72. The lowest BCUT2D eigenvalue weighted by Gasteiger charge is -2.12. The van der Waals surface area contributed by atoms with E-state index in [0.717, 1.165) is 11.1 Å². The molecule has 27 heavy (non-hydrogen) atoms. The van der Waals surface area contributed by atoms with Crippen LogP contribution in [0.25, 0.3) is 0 Å². The lowest BCUT2D eigenvalue weighted by Crippen LogP contribution is -2.28. The zero-order valence-electron chi connectivity index (χ0n) is 15.9. The fraction of sp³-hybridized carbons (Fsp3) is 0.333. The van der Waals surface area contributed by atoms with Gasteiger partial charge in [0.2, 0.25) is 0 Å². The van der Waals surface area contributed by atoms with E-state index in [2.05, 4.69) is 5.32 Å². The summed E-state index contributed by atoms with van der Waals surface area (Å²) in [4.78, 5) is 24.1. The van der Waals surface area contributed by atoms with E-state index in [9.17, 15) is 9.59 Å². The quantitative estimate of drug-likeness (QED) is 0.685. The van der Waals surface area contributed by atoms with Crippen molar-refractivity contribution in [1.29, 1.82) is 0 Å². The summed E-state index contributed by atoms with van der Waals surface area (Å²) < 4.78 is 16.0. The van der Waals surface area contributed by atoms with E-state index in [-0.39, 0.29) is 12.5 Å². The van der Waals surface area contributed by atoms with Crippen molar-refractivity contribution in [3.63, 3.8) is 0 Å². The average molecular weight is 371 g/mol. The third-order valence-electron chi connectivity index (χ3n) is 3.72. The Hall–Kier alpha value is -3.02. The third kappa shape index (κ3) is 6.33. The topological polar surface area (TPSA) is 73.9 Å². The lowest BCUT2D eigenvalue weighted by molar-refractivity contribution is -0.124. The first-order chi connectivity index (χ1) is 13.0. The first-order valence-electron chi connectivity index (χ1n) is 8.92. The summed E-state index contributed by atoms with van der Waals surface area (Å²) in [5.41, 5.74) is 2.43. The number of hydrogen-bond acceptors (Lipinski definition) is 5. The van der Waals surface area contributed by atoms with Crippen molar-refractivity contribution in [1.82, 2.24) is 5.32 Å². The SMILES string of the molecule is CCOc1ccc(C(=O)OCC(=O)NCc2ccc(C)cc2)cc1OCC. The highest BCUT2D eigenvalue weighted by Gasteiger charge is 2.14. The maximum absolute atomic E-state index is 12.2. The van der Waals surface area contributed by atoms with Gasteiger partial charge in [0.25, 0.3) is 5.91 Å². The molecule has 1 amide bonds. The van der Waals surface area contributed by atoms with E-state index in [1.165, 1.54) is 0 Å². The van der Waals surface area contributed by atoms with Gasteiger partial charge in [0, 0.05) is 6.54 Å². The van der Waals surface area contributed by atoms with Crippen LogP contribution in [0.4, 0.5) is 0 Å². The van der Waals surface area contributed by atoms with Crippen LogP contribution < -0.4 is 14.8 Å². The molecule has 0 aromatic heterocycles. The van der Waals surface area contributed by atoms with Crippen LogP contribution in [0, 0.1) is 6.92 Å². The Morgan fingerprint density at radius 2 is 1.59 bits per heavy atom. The molecule has 0 aliphatic carbocycles. The normalized spacial score (nSPS) is 10.2. The molecule has 0 heterocycles. The van der Waals surface area contributed by atoms with Gasteiger partial charge in [-0.2, -0.15) is 0 Å². The van der Waals surface area contributed by atoms with Crippen molar-refractivity contribution in [3.05, 3.63) is 59.2 Å². The predicted molar refractivity (Wildman–Crippen MR) is 102 cm³/mol. The van der Waals surface area contributed by atoms with Gasteiger partial charge in [0.15, 0.2) is 18.1 Å². The van der Waals surface area contributed by atoms with Crippen LogP contribution in [0.1, 0.15) is 35.3 Å². The number of nitrogens with one attached hydrogen (secondary N) is 1. The van der Waals surface area contributed by atoms with Crippen LogP contribution in [0.15, 0.2) is 42.5 Å². The van der Waals surface area contributed by atoms with Crippen molar-refractivity contribution in [2.75, 3.05) is 19.8 Å². The van der Waals surface area contributed by atoms with Crippen LogP contribution in [-0.2, 0) is 16.1 Å². The van der Waals surface area contributed by atoms with Crippen molar-refractivity contribution in [3.8, 4) is 11.5 Å². The van der Waals surface area contributed by atoms with Gasteiger partial charge in [0.05, 0.1) is 18.8 Å². The number of benzene rings is 2. The van der Waals surface area contributed by atoms with Crippen LogP contribution in [-0.4, -0.2) is 31.7 Å². The molecule has 1 N–H and O–H groups in total. The van der Waals surface area contributed by atoms with Crippen molar-refractivity contribution in [2.45, 2.75) is 27.3 Å². The lowest BCUT2D eigenvalue weighted by atomic mass is 10.1. The Bertz CT molecular complexity index is 771. The molecule has 0 unspecified atom stereocenters. The molecule has 0 radical (unpaired) electrons. The number of hydrogen-bond donors (Lipinski definition) is 1. The monoisotopic (exact) mass is 371 g/mol. The van der Waals surface area contributed by atoms with Gasteiger partial charge in [0.1, 0.15) is 0 Å². The number of amides is 1. The Kier molecular flexibility index (Phi) is 7.67. The van der Waals surface area contributed by atoms with Crippen molar-refractivity contribution >= 4 is 11.9 Å². The Balaban J connectivity index is 1.87. The molecule has 144 valence electrons. The second kappa shape index (κ2) is 10.2. The number of ether oxygens (including phenoxy) is 3. The van der Waals surface area contributed by atoms with Gasteiger partial charge in [-0.1, -0.05) is 29.8 Å². The number of aryl methyl sites for hydroxylation is 1. The molecule has 0 aliphatic heterocycles. The summed E-state index contributed by atoms with van der Waals surface area (Å²) in [6.45, 7) is 6.69. The largest absolute Gasteiger partial charge is 0.490 e. The fourth-order valence-corrected chi connectivity index (χ4v) is 2.35. The maximum Gasteiger partial charge on any atom is 0.338 e. The summed E-state index contributed by atoms with van der Waals surface area (Å²) in [6, 6.07) is 12.6. The molecule has 2 aromatic carbocycles. The Morgan fingerprint density at radius 3 is 2.26 bits per heavy atom. The van der Waals surface area contributed by atoms with Gasteiger partial charge in [-0.25, -0.2) is 4.79 Å². The molecule has 0 spiro atoms. The highest BCUT2D eigenvalue weighted by Crippen LogP contribution is 2.28. The standard InChI is InChI=1S/C21H25NO5/c1-4-25-18-11-10-17(12-19(18)26-5-2)21(24)27-14-20(23)22-13-16-8-6-15(3)7-9-16/h6-12H,4-5,13-14H2,1-3H3,(H,22,23). The number of rotatable bonds is 9. The minimum absolute atomic E-state index is 0.299. The summed E-state index contributed by atoms with van der Waals surface area (Å²) >= 11 is 0. The molecule has 2 aromatic rings. The second-order valence-electron chi connectivity index (χ2n) is 5.87. The molecule has 0 fully saturated rings. The summed E-state index contributed by atoms with van der Waals surface area (Å²) in [7, 11) is 0. The smallest absolute Gasteiger partial charge is 0.338 e. The van der Waals surface area contributed by atoms with Crippen LogP contribution >= 0.6 is 0 Å². The molecule has 0 aliphatic rings. The van der Waals surface area contributed by atoms with Gasteiger partial charge < -0.3 is 19.5 Å². The van der Waals surface area contributed by atoms with Crippen LogP contribution in [0.2, 0.25) is 0 Å². The van der Waals surface area contributed by atoms with E-state index in [1.807, 2.05) is 45.0 Å². The van der Waals surface area contributed by atoms with E-state index in [0.29, 0.717) is 36.8 Å². The molecule has 2 rings (SSSR count). The van der Waals surface area contributed by atoms with E-state index in [1.54, 1.807) is 18.2 Å². The maximum atomic E-state index is 12.2. The third-order valence-corrected chi connectivity index (χ3v) is 3.72. The first-order valence-corrected chi connectivity index (χ1v) is 8.92. The number of carbonyl (C=O) groups is 2. The van der Waals surface area contributed by atoms with Gasteiger partial charge >= 0.3 is 5.97 Å².